The van der Waals surface area contributed by atoms with Gasteiger partial charge in [0.05, 0.1) is 5.92 Å². The number of carbonyl (C=O) groups is 2. The maximum atomic E-state index is 12.8. The molecule has 4 unspecified atom stereocenters. The van der Waals surface area contributed by atoms with Crippen molar-refractivity contribution in [1.29, 1.82) is 0 Å². The fraction of sp³-hybridized carbons (Fsp3) is 0.750. The third-order valence-corrected chi connectivity index (χ3v) is 2.71. The molecule has 0 spiro atoms. The van der Waals surface area contributed by atoms with E-state index in [0.717, 1.165) is 0 Å². The van der Waals surface area contributed by atoms with Crippen LogP contribution in [0.25, 0.3) is 0 Å². The summed E-state index contributed by atoms with van der Waals surface area (Å²) >= 11 is 0. The third kappa shape index (κ3) is 1.22. The van der Waals surface area contributed by atoms with Crippen molar-refractivity contribution in [3.8, 4) is 0 Å². The average Bonchev–Trinajstić information content (AvgIpc) is 2.32. The van der Waals surface area contributed by atoms with Gasteiger partial charge in [0, 0.05) is 12.5 Å². The minimum absolute atomic E-state index is 0.0800. The second-order valence-electron chi connectivity index (χ2n) is 3.55. The number of hydrogen-bond donors (Lipinski definition) is 1. The van der Waals surface area contributed by atoms with Crippen LogP contribution in [0.3, 0.4) is 0 Å². The number of rotatable bonds is 0. The molecule has 0 radical (unpaired) electrons. The third-order valence-electron chi connectivity index (χ3n) is 2.71. The van der Waals surface area contributed by atoms with E-state index in [0.29, 0.717) is 0 Å². The van der Waals surface area contributed by atoms with E-state index < -0.39 is 36.0 Å². The van der Waals surface area contributed by atoms with Crippen LogP contribution < -0.4 is 5.32 Å². The molecular weight excluding hydrogens is 180 g/mol. The molecule has 0 aromatic heterocycles. The van der Waals surface area contributed by atoms with Crippen molar-refractivity contribution in [2.75, 3.05) is 0 Å². The van der Waals surface area contributed by atoms with Gasteiger partial charge in [-0.2, -0.15) is 0 Å². The van der Waals surface area contributed by atoms with Crippen molar-refractivity contribution in [1.82, 2.24) is 5.32 Å². The molecule has 2 rings (SSSR count). The topological polar surface area (TPSA) is 46.2 Å². The summed E-state index contributed by atoms with van der Waals surface area (Å²) in [6.07, 6.45) is -3.39. The van der Waals surface area contributed by atoms with E-state index in [1.807, 2.05) is 0 Å². The number of halogens is 2. The summed E-state index contributed by atoms with van der Waals surface area (Å²) in [5.41, 5.74) is 0. The Morgan fingerprint density at radius 2 is 1.77 bits per heavy atom. The molecule has 1 N–H and O–H groups in total. The van der Waals surface area contributed by atoms with Crippen LogP contribution >= 0.6 is 0 Å². The predicted molar refractivity (Wildman–Crippen MR) is 39.5 cm³/mol. The predicted octanol–water partition coefficient (Wildman–Crippen LogP) is 0.140. The summed E-state index contributed by atoms with van der Waals surface area (Å²) in [6.45, 7) is 0. The van der Waals surface area contributed by atoms with Crippen LogP contribution in [0.1, 0.15) is 12.8 Å². The number of carbonyl (C=O) groups excluding carboxylic acids is 2. The Balaban J connectivity index is 2.17. The Kier molecular flexibility index (Phi) is 1.82. The molecule has 1 aliphatic heterocycles. The molecule has 2 fully saturated rings. The molecule has 3 nitrogen and oxygen atoms in total. The van der Waals surface area contributed by atoms with Crippen LogP contribution in [-0.2, 0) is 9.59 Å². The van der Waals surface area contributed by atoms with Gasteiger partial charge in [-0.1, -0.05) is 0 Å². The van der Waals surface area contributed by atoms with Crippen molar-refractivity contribution in [2.24, 2.45) is 5.92 Å². The first kappa shape index (κ1) is 8.59. The first-order valence-electron chi connectivity index (χ1n) is 4.22. The Morgan fingerprint density at radius 1 is 1.15 bits per heavy atom. The van der Waals surface area contributed by atoms with Gasteiger partial charge in [0.1, 0.15) is 12.3 Å². The van der Waals surface area contributed by atoms with Crippen LogP contribution in [-0.4, -0.2) is 30.1 Å². The smallest absolute Gasteiger partial charge is 0.287 e. The van der Waals surface area contributed by atoms with E-state index in [1.165, 1.54) is 0 Å². The summed E-state index contributed by atoms with van der Waals surface area (Å²) in [5.74, 6) is -1.94. The molecule has 0 aromatic rings. The molecular formula is C8H9F2NO2. The van der Waals surface area contributed by atoms with Crippen molar-refractivity contribution >= 4 is 11.7 Å². The number of alkyl halides is 2. The highest BCUT2D eigenvalue weighted by Gasteiger charge is 2.48. The average molecular weight is 189 g/mol. The molecule has 1 saturated carbocycles. The molecule has 13 heavy (non-hydrogen) atoms. The quantitative estimate of drug-likeness (QED) is 0.551. The fourth-order valence-electron chi connectivity index (χ4n) is 1.97. The number of fused-ring (bicyclic) bond motifs is 1. The summed E-state index contributed by atoms with van der Waals surface area (Å²) in [4.78, 5) is 21.9. The molecule has 1 amide bonds. The van der Waals surface area contributed by atoms with E-state index in [9.17, 15) is 18.4 Å². The normalized spacial score (nSPS) is 44.5. The van der Waals surface area contributed by atoms with E-state index in [4.69, 9.17) is 0 Å². The lowest BCUT2D eigenvalue weighted by atomic mass is 9.83. The van der Waals surface area contributed by atoms with Crippen molar-refractivity contribution in [3.63, 3.8) is 0 Å². The highest BCUT2D eigenvalue weighted by atomic mass is 19.2. The number of amides is 1. The first-order valence-corrected chi connectivity index (χ1v) is 4.22. The Morgan fingerprint density at radius 3 is 2.46 bits per heavy atom. The zero-order chi connectivity index (χ0) is 9.59. The van der Waals surface area contributed by atoms with Gasteiger partial charge in [0.25, 0.3) is 5.91 Å². The largest absolute Gasteiger partial charge is 0.346 e. The minimum Gasteiger partial charge on any atom is -0.346 e. The van der Waals surface area contributed by atoms with E-state index >= 15 is 0 Å². The highest BCUT2D eigenvalue weighted by Crippen LogP contribution is 2.32. The lowest BCUT2D eigenvalue weighted by molar-refractivity contribution is -0.136. The van der Waals surface area contributed by atoms with Gasteiger partial charge in [-0.25, -0.2) is 8.78 Å². The summed E-state index contributed by atoms with van der Waals surface area (Å²) < 4.78 is 25.7. The van der Waals surface area contributed by atoms with E-state index in [-0.39, 0.29) is 12.8 Å². The maximum absolute atomic E-state index is 12.8. The van der Waals surface area contributed by atoms with Crippen LogP contribution in [0, 0.1) is 5.92 Å². The highest BCUT2D eigenvalue weighted by molar-refractivity contribution is 6.39. The Bertz CT molecular complexity index is 269. The molecule has 0 aromatic carbocycles. The first-order chi connectivity index (χ1) is 6.09. The summed E-state index contributed by atoms with van der Waals surface area (Å²) in [5, 5.41) is 2.36. The summed E-state index contributed by atoms with van der Waals surface area (Å²) in [6, 6.07) is -0.484. The van der Waals surface area contributed by atoms with Crippen molar-refractivity contribution in [3.05, 3.63) is 0 Å². The lowest BCUT2D eigenvalue weighted by Crippen LogP contribution is -2.41. The zero-order valence-corrected chi connectivity index (χ0v) is 6.80. The number of ketones is 1. The number of Topliss-reactive ketones (excluding diaryl/α,β-unsaturated/α-hetero) is 1. The van der Waals surface area contributed by atoms with E-state index in [2.05, 4.69) is 5.32 Å². The molecule has 1 aliphatic carbocycles. The minimum atomic E-state index is -1.60. The molecule has 0 bridgehead atoms. The standard InChI is InChI=1S/C8H9F2NO2/c9-4-1-3-6(2-5(4)10)11-8(13)7(3)12/h3-6H,1-2H2,(H,11,13). The molecule has 1 heterocycles. The van der Waals surface area contributed by atoms with Gasteiger partial charge in [-0.15, -0.1) is 0 Å². The second-order valence-corrected chi connectivity index (χ2v) is 3.55. The second kappa shape index (κ2) is 2.75. The van der Waals surface area contributed by atoms with Crippen LogP contribution in [0.2, 0.25) is 0 Å². The van der Waals surface area contributed by atoms with E-state index in [1.54, 1.807) is 0 Å². The van der Waals surface area contributed by atoms with Crippen molar-refractivity contribution in [2.45, 2.75) is 31.2 Å². The Labute approximate surface area is 73.5 Å². The van der Waals surface area contributed by atoms with Gasteiger partial charge in [0.2, 0.25) is 5.78 Å². The molecule has 4 atom stereocenters. The monoisotopic (exact) mass is 189 g/mol. The van der Waals surface area contributed by atoms with Gasteiger partial charge in [-0.3, -0.25) is 9.59 Å². The lowest BCUT2D eigenvalue weighted by Gasteiger charge is -2.28. The van der Waals surface area contributed by atoms with Gasteiger partial charge in [-0.05, 0) is 6.42 Å². The van der Waals surface area contributed by atoms with Gasteiger partial charge >= 0.3 is 0 Å². The van der Waals surface area contributed by atoms with Crippen molar-refractivity contribution < 1.29 is 18.4 Å². The molecule has 1 saturated heterocycles. The fourth-order valence-corrected chi connectivity index (χ4v) is 1.97. The number of hydrogen-bond acceptors (Lipinski definition) is 2. The maximum Gasteiger partial charge on any atom is 0.287 e. The summed E-state index contributed by atoms with van der Waals surface area (Å²) in [7, 11) is 0. The molecule has 5 heteroatoms. The van der Waals surface area contributed by atoms with Crippen LogP contribution in [0.4, 0.5) is 8.78 Å². The van der Waals surface area contributed by atoms with Gasteiger partial charge < -0.3 is 5.32 Å². The van der Waals surface area contributed by atoms with Gasteiger partial charge in [0.15, 0.2) is 0 Å². The zero-order valence-electron chi connectivity index (χ0n) is 6.80. The Hall–Kier alpha value is -1.00. The molecule has 72 valence electrons. The van der Waals surface area contributed by atoms with Crippen LogP contribution in [0.15, 0.2) is 0 Å². The molecule has 2 aliphatic rings. The van der Waals surface area contributed by atoms with Crippen LogP contribution in [0.5, 0.6) is 0 Å². The SMILES string of the molecule is O=C1NC2CC(F)C(F)CC2C1=O. The number of nitrogens with one attached hydrogen (secondary N) is 1.